The molecule has 0 spiro atoms. The van der Waals surface area contributed by atoms with Crippen LogP contribution in [-0.2, 0) is 19.7 Å². The summed E-state index contributed by atoms with van der Waals surface area (Å²) in [7, 11) is -3.54. The molecule has 5 nitrogen and oxygen atoms in total. The molecule has 1 N–H and O–H groups in total. The molecule has 0 aliphatic carbocycles. The molecule has 0 aromatic rings. The number of rotatable bonds is 4. The summed E-state index contributed by atoms with van der Waals surface area (Å²) in [4.78, 5) is 15.8. The first-order valence-corrected chi connectivity index (χ1v) is 4.41. The summed E-state index contributed by atoms with van der Waals surface area (Å²) in [5, 5.41) is 0. The van der Waals surface area contributed by atoms with Gasteiger partial charge in [-0.3, -0.25) is 4.79 Å². The second-order valence-corrected chi connectivity index (χ2v) is 3.48. The molecule has 0 aromatic heterocycles. The van der Waals surface area contributed by atoms with Crippen molar-refractivity contribution in [3.8, 4) is 0 Å². The molecule has 0 aromatic carbocycles. The third-order valence-corrected chi connectivity index (χ3v) is 1.66. The van der Waals surface area contributed by atoms with Crippen LogP contribution in [0.3, 0.4) is 0 Å². The van der Waals surface area contributed by atoms with E-state index in [0.717, 1.165) is 6.92 Å². The molecule has 0 radical (unpaired) electrons. The Kier molecular flexibility index (Phi) is 8.07. The molecular formula is C5H10NNaO4S. The van der Waals surface area contributed by atoms with Gasteiger partial charge in [-0.2, -0.15) is 0 Å². The van der Waals surface area contributed by atoms with Crippen molar-refractivity contribution in [1.29, 1.82) is 0 Å². The maximum atomic E-state index is 10.7. The summed E-state index contributed by atoms with van der Waals surface area (Å²) in [6.45, 7) is 4.31. The van der Waals surface area contributed by atoms with Crippen LogP contribution in [0.15, 0.2) is 12.7 Å². The number of sulfonamides is 1. The van der Waals surface area contributed by atoms with Crippen LogP contribution < -0.4 is 4.89 Å². The van der Waals surface area contributed by atoms with Crippen molar-refractivity contribution in [2.45, 2.75) is 6.92 Å². The van der Waals surface area contributed by atoms with Crippen molar-refractivity contribution in [3.63, 3.8) is 0 Å². The van der Waals surface area contributed by atoms with E-state index in [2.05, 4.69) is 11.4 Å². The number of nitrogens with one attached hydrogen (secondary N) is 1. The molecule has 0 heterocycles. The van der Waals surface area contributed by atoms with Crippen molar-refractivity contribution in [1.82, 2.24) is 4.89 Å². The quantitative estimate of drug-likeness (QED) is 0.358. The summed E-state index contributed by atoms with van der Waals surface area (Å²) in [5.74, 6) is -0.988. The van der Waals surface area contributed by atoms with E-state index in [0.29, 0.717) is 0 Å². The Labute approximate surface area is 93.5 Å². The molecule has 0 aliphatic heterocycles. The van der Waals surface area contributed by atoms with Crippen LogP contribution in [-0.4, -0.2) is 49.7 Å². The van der Waals surface area contributed by atoms with Crippen molar-refractivity contribution in [2.75, 3.05) is 5.75 Å². The standard InChI is InChI=1S/C5H9NO4S.Na.H/c1-3-4-11(8,9)6-10-5(2)7;;/h3,6H,1,4H2,2H3;;. The predicted octanol–water partition coefficient (Wildman–Crippen LogP) is -1.08. The number of carbonyl (C=O) groups excluding carboxylic acids is 1. The molecule has 12 heavy (non-hydrogen) atoms. The second kappa shape index (κ2) is 6.62. The van der Waals surface area contributed by atoms with E-state index in [1.165, 1.54) is 6.08 Å². The van der Waals surface area contributed by atoms with Gasteiger partial charge in [0.15, 0.2) is 0 Å². The first-order valence-electron chi connectivity index (χ1n) is 2.76. The molecule has 0 aliphatic rings. The van der Waals surface area contributed by atoms with Crippen molar-refractivity contribution in [3.05, 3.63) is 12.7 Å². The number of hydrogen-bond donors (Lipinski definition) is 1. The molecule has 0 saturated carbocycles. The Morgan fingerprint density at radius 3 is 2.50 bits per heavy atom. The first-order chi connectivity index (χ1) is 4.98. The Morgan fingerprint density at radius 2 is 2.17 bits per heavy atom. The minimum atomic E-state index is -3.54. The fourth-order valence-corrected chi connectivity index (χ4v) is 0.934. The predicted molar refractivity (Wildman–Crippen MR) is 46.0 cm³/mol. The second-order valence-electron chi connectivity index (χ2n) is 1.75. The van der Waals surface area contributed by atoms with Gasteiger partial charge in [-0.25, -0.2) is 8.42 Å². The number of hydrogen-bond acceptors (Lipinski definition) is 4. The average molecular weight is 203 g/mol. The molecule has 0 bridgehead atoms. The SMILES string of the molecule is C=CCS(=O)(=O)NOC(C)=O.[NaH]. The Bertz CT molecular complexity index is 248. The third kappa shape index (κ3) is 8.22. The molecule has 0 fully saturated rings. The maximum absolute atomic E-state index is 10.7. The molecule has 0 atom stereocenters. The fourth-order valence-electron chi connectivity index (χ4n) is 0.311. The minimum absolute atomic E-state index is 0. The molecule has 0 saturated heterocycles. The van der Waals surface area contributed by atoms with Crippen LogP contribution >= 0.6 is 0 Å². The van der Waals surface area contributed by atoms with Gasteiger partial charge in [0.1, 0.15) is 0 Å². The van der Waals surface area contributed by atoms with Crippen molar-refractivity contribution >= 4 is 45.5 Å². The van der Waals surface area contributed by atoms with E-state index in [9.17, 15) is 13.2 Å². The Morgan fingerprint density at radius 1 is 1.67 bits per heavy atom. The molecule has 0 amide bonds. The zero-order valence-corrected chi connectivity index (χ0v) is 6.85. The summed E-state index contributed by atoms with van der Waals surface area (Å²) in [5.41, 5.74) is 0. The van der Waals surface area contributed by atoms with E-state index >= 15 is 0 Å². The summed E-state index contributed by atoms with van der Waals surface area (Å²) >= 11 is 0. The van der Waals surface area contributed by atoms with Crippen molar-refractivity contribution in [2.24, 2.45) is 0 Å². The fraction of sp³-hybridized carbons (Fsp3) is 0.400. The molecular weight excluding hydrogens is 193 g/mol. The topological polar surface area (TPSA) is 72.5 Å². The van der Waals surface area contributed by atoms with E-state index in [-0.39, 0.29) is 35.3 Å². The van der Waals surface area contributed by atoms with Gasteiger partial charge in [0.05, 0.1) is 5.75 Å². The summed E-state index contributed by atoms with van der Waals surface area (Å²) in [6, 6.07) is 0. The van der Waals surface area contributed by atoms with Gasteiger partial charge in [0.2, 0.25) is 10.0 Å². The Hall–Kier alpha value is 0.120. The average Bonchev–Trinajstić information content (AvgIpc) is 1.84. The van der Waals surface area contributed by atoms with Crippen LogP contribution in [0.5, 0.6) is 0 Å². The normalized spacial score (nSPS) is 9.75. The zero-order valence-electron chi connectivity index (χ0n) is 6.03. The van der Waals surface area contributed by atoms with Crippen LogP contribution in [0.25, 0.3) is 0 Å². The van der Waals surface area contributed by atoms with Gasteiger partial charge in [-0.15, -0.1) is 6.58 Å². The van der Waals surface area contributed by atoms with Gasteiger partial charge >= 0.3 is 35.5 Å². The third-order valence-electron chi connectivity index (χ3n) is 0.650. The van der Waals surface area contributed by atoms with E-state index in [4.69, 9.17) is 0 Å². The van der Waals surface area contributed by atoms with E-state index in [1.54, 1.807) is 4.89 Å². The summed E-state index contributed by atoms with van der Waals surface area (Å²) < 4.78 is 21.4. The molecule has 66 valence electrons. The van der Waals surface area contributed by atoms with Gasteiger partial charge in [-0.1, -0.05) is 6.08 Å². The summed E-state index contributed by atoms with van der Waals surface area (Å²) in [6.07, 6.45) is 1.19. The Balaban J connectivity index is 0. The van der Waals surface area contributed by atoms with Gasteiger partial charge in [-0.05, 0) is 4.89 Å². The van der Waals surface area contributed by atoms with E-state index < -0.39 is 16.0 Å². The van der Waals surface area contributed by atoms with Crippen molar-refractivity contribution < 1.29 is 18.0 Å². The van der Waals surface area contributed by atoms with Crippen LogP contribution in [0.1, 0.15) is 6.92 Å². The monoisotopic (exact) mass is 203 g/mol. The zero-order chi connectivity index (χ0) is 8.91. The molecule has 0 rings (SSSR count). The van der Waals surface area contributed by atoms with Gasteiger partial charge in [0.25, 0.3) is 0 Å². The molecule has 0 unspecified atom stereocenters. The molecule has 7 heteroatoms. The van der Waals surface area contributed by atoms with Gasteiger partial charge < -0.3 is 4.84 Å². The van der Waals surface area contributed by atoms with Gasteiger partial charge in [0, 0.05) is 6.92 Å². The van der Waals surface area contributed by atoms with Crippen LogP contribution in [0.4, 0.5) is 0 Å². The van der Waals surface area contributed by atoms with E-state index in [1.807, 2.05) is 0 Å². The van der Waals surface area contributed by atoms with Crippen LogP contribution in [0, 0.1) is 0 Å². The first kappa shape index (κ1) is 14.6. The number of carbonyl (C=O) groups is 1. The van der Waals surface area contributed by atoms with Crippen LogP contribution in [0.2, 0.25) is 0 Å².